The molecule has 25 heavy (non-hydrogen) atoms. The second-order valence-electron chi connectivity index (χ2n) is 7.18. The minimum atomic E-state index is -0.769. The zero-order chi connectivity index (χ0) is 17.9. The molecule has 5 heteroatoms. The van der Waals surface area contributed by atoms with Crippen LogP contribution in [0.15, 0.2) is 30.3 Å². The quantitative estimate of drug-likeness (QED) is 0.809. The minimum absolute atomic E-state index is 0.0657. The van der Waals surface area contributed by atoms with Crippen LogP contribution in [0, 0.1) is 23.7 Å². The fraction of sp³-hybridized carbons (Fsp3) is 0.500. The summed E-state index contributed by atoms with van der Waals surface area (Å²) in [7, 11) is 0. The molecule has 1 heterocycles. The average molecular weight is 340 g/mol. The van der Waals surface area contributed by atoms with Gasteiger partial charge in [0.05, 0.1) is 5.41 Å². The Morgan fingerprint density at radius 1 is 1.40 bits per heavy atom. The third-order valence-corrected chi connectivity index (χ3v) is 5.60. The van der Waals surface area contributed by atoms with Crippen molar-refractivity contribution in [2.24, 2.45) is 11.3 Å². The summed E-state index contributed by atoms with van der Waals surface area (Å²) in [6.45, 7) is 0.819. The van der Waals surface area contributed by atoms with Gasteiger partial charge in [-0.05, 0) is 30.7 Å². The standard InChI is InChI=1S/C20H24N2O3/c1-2-7-17(12-15-8-4-3-5-9-15)21-19(25)22-13-16-10-6-11-20(16,14-22)18(23)24/h1,3-5,8-9,16-17H,6-7,10-14H2,(H,21,25)(H,23,24)/t16-,17?,20+/m0/s1. The first-order valence-corrected chi connectivity index (χ1v) is 8.81. The van der Waals surface area contributed by atoms with Crippen LogP contribution in [0.2, 0.25) is 0 Å². The number of urea groups is 1. The van der Waals surface area contributed by atoms with Crippen molar-refractivity contribution in [3.63, 3.8) is 0 Å². The normalized spacial score (nSPS) is 25.9. The summed E-state index contributed by atoms with van der Waals surface area (Å²) >= 11 is 0. The van der Waals surface area contributed by atoms with E-state index in [1.165, 1.54) is 0 Å². The van der Waals surface area contributed by atoms with Crippen LogP contribution in [0.3, 0.4) is 0 Å². The van der Waals surface area contributed by atoms with Gasteiger partial charge in [-0.1, -0.05) is 36.8 Å². The van der Waals surface area contributed by atoms with Gasteiger partial charge in [0.1, 0.15) is 0 Å². The predicted octanol–water partition coefficient (Wildman–Crippen LogP) is 2.52. The van der Waals surface area contributed by atoms with Crippen LogP contribution in [0.5, 0.6) is 0 Å². The van der Waals surface area contributed by atoms with Gasteiger partial charge in [-0.15, -0.1) is 12.3 Å². The topological polar surface area (TPSA) is 69.6 Å². The van der Waals surface area contributed by atoms with Crippen molar-refractivity contribution in [2.75, 3.05) is 13.1 Å². The molecule has 1 aliphatic carbocycles. The third kappa shape index (κ3) is 3.48. The van der Waals surface area contributed by atoms with Crippen molar-refractivity contribution >= 4 is 12.0 Å². The number of fused-ring (bicyclic) bond motifs is 1. The van der Waals surface area contributed by atoms with E-state index in [4.69, 9.17) is 6.42 Å². The number of nitrogens with zero attached hydrogens (tertiary/aromatic N) is 1. The molecule has 3 rings (SSSR count). The van der Waals surface area contributed by atoms with Crippen LogP contribution in [-0.4, -0.2) is 41.1 Å². The third-order valence-electron chi connectivity index (χ3n) is 5.60. The highest BCUT2D eigenvalue weighted by Gasteiger charge is 2.55. The van der Waals surface area contributed by atoms with E-state index in [1.807, 2.05) is 30.3 Å². The van der Waals surface area contributed by atoms with Crippen molar-refractivity contribution in [1.29, 1.82) is 0 Å². The Morgan fingerprint density at radius 3 is 2.80 bits per heavy atom. The fourth-order valence-corrected chi connectivity index (χ4v) is 4.27. The first kappa shape index (κ1) is 17.3. The number of carbonyl (C=O) groups is 2. The summed E-state index contributed by atoms with van der Waals surface area (Å²) in [5, 5.41) is 12.7. The molecule has 2 aliphatic rings. The molecule has 0 spiro atoms. The highest BCUT2D eigenvalue weighted by atomic mass is 16.4. The number of aliphatic carboxylic acids is 1. The number of nitrogens with one attached hydrogen (secondary N) is 1. The lowest BCUT2D eigenvalue weighted by Crippen LogP contribution is -2.46. The van der Waals surface area contributed by atoms with Crippen LogP contribution < -0.4 is 5.32 Å². The number of benzene rings is 1. The molecule has 3 atom stereocenters. The average Bonchev–Trinajstić information content (AvgIpc) is 3.14. The number of carboxylic acid groups (broad SMARTS) is 1. The molecule has 1 aliphatic heterocycles. The Balaban J connectivity index is 1.64. The zero-order valence-electron chi connectivity index (χ0n) is 14.3. The SMILES string of the molecule is C#CCC(Cc1ccccc1)NC(=O)N1C[C@@H]2CCC[C@@]2(C(=O)O)C1. The lowest BCUT2D eigenvalue weighted by molar-refractivity contribution is -0.149. The number of rotatable bonds is 5. The van der Waals surface area contributed by atoms with Crippen molar-refractivity contribution in [2.45, 2.75) is 38.1 Å². The van der Waals surface area contributed by atoms with Crippen LogP contribution in [0.4, 0.5) is 4.79 Å². The maximum Gasteiger partial charge on any atom is 0.317 e. The molecule has 1 unspecified atom stereocenters. The smallest absolute Gasteiger partial charge is 0.317 e. The second kappa shape index (κ2) is 7.18. The summed E-state index contributed by atoms with van der Waals surface area (Å²) in [4.78, 5) is 26.1. The Hall–Kier alpha value is -2.48. The lowest BCUT2D eigenvalue weighted by Gasteiger charge is -2.25. The van der Waals surface area contributed by atoms with Gasteiger partial charge in [0.25, 0.3) is 0 Å². The molecule has 1 saturated carbocycles. The molecule has 1 aromatic carbocycles. The summed E-state index contributed by atoms with van der Waals surface area (Å²) in [6, 6.07) is 9.54. The highest BCUT2D eigenvalue weighted by molar-refractivity contribution is 5.80. The monoisotopic (exact) mass is 340 g/mol. The molecule has 2 amide bonds. The molecule has 0 radical (unpaired) electrons. The molecule has 5 nitrogen and oxygen atoms in total. The van der Waals surface area contributed by atoms with Crippen molar-refractivity contribution in [3.05, 3.63) is 35.9 Å². The molecule has 0 aromatic heterocycles. The Labute approximate surface area is 148 Å². The van der Waals surface area contributed by atoms with E-state index in [1.54, 1.807) is 4.90 Å². The molecule has 2 fully saturated rings. The van der Waals surface area contributed by atoms with E-state index in [-0.39, 0.29) is 18.0 Å². The van der Waals surface area contributed by atoms with E-state index in [0.29, 0.717) is 32.4 Å². The predicted molar refractivity (Wildman–Crippen MR) is 94.9 cm³/mol. The van der Waals surface area contributed by atoms with Crippen LogP contribution in [0.1, 0.15) is 31.2 Å². The number of carboxylic acids is 1. The van der Waals surface area contributed by atoms with E-state index >= 15 is 0 Å². The van der Waals surface area contributed by atoms with E-state index in [9.17, 15) is 14.7 Å². The lowest BCUT2D eigenvalue weighted by atomic mass is 9.81. The maximum atomic E-state index is 12.7. The van der Waals surface area contributed by atoms with Crippen molar-refractivity contribution < 1.29 is 14.7 Å². The summed E-state index contributed by atoms with van der Waals surface area (Å²) in [6.07, 6.45) is 9.04. The zero-order valence-corrected chi connectivity index (χ0v) is 14.3. The molecule has 1 aromatic rings. The van der Waals surface area contributed by atoms with E-state index in [0.717, 1.165) is 18.4 Å². The van der Waals surface area contributed by atoms with Crippen LogP contribution >= 0.6 is 0 Å². The number of likely N-dealkylation sites (tertiary alicyclic amines) is 1. The first-order chi connectivity index (χ1) is 12.0. The van der Waals surface area contributed by atoms with Gasteiger partial charge in [0.15, 0.2) is 0 Å². The van der Waals surface area contributed by atoms with E-state index < -0.39 is 11.4 Å². The number of amides is 2. The molecule has 132 valence electrons. The highest BCUT2D eigenvalue weighted by Crippen LogP contribution is 2.48. The number of terminal acetylenes is 1. The fourth-order valence-electron chi connectivity index (χ4n) is 4.27. The number of hydrogen-bond donors (Lipinski definition) is 2. The van der Waals surface area contributed by atoms with Gasteiger partial charge in [0, 0.05) is 25.6 Å². The van der Waals surface area contributed by atoms with Gasteiger partial charge in [-0.2, -0.15) is 0 Å². The molecule has 2 N–H and O–H groups in total. The molecule has 1 saturated heterocycles. The maximum absolute atomic E-state index is 12.7. The number of carbonyl (C=O) groups excluding carboxylic acids is 1. The first-order valence-electron chi connectivity index (χ1n) is 8.81. The largest absolute Gasteiger partial charge is 0.481 e. The van der Waals surface area contributed by atoms with Crippen LogP contribution in [0.25, 0.3) is 0 Å². The van der Waals surface area contributed by atoms with Gasteiger partial charge >= 0.3 is 12.0 Å². The molecule has 0 bridgehead atoms. The summed E-state index contributed by atoms with van der Waals surface area (Å²) in [5.74, 6) is 1.92. The van der Waals surface area contributed by atoms with Gasteiger partial charge in [0.2, 0.25) is 0 Å². The Kier molecular flexibility index (Phi) is 4.98. The van der Waals surface area contributed by atoms with Gasteiger partial charge in [-0.25, -0.2) is 4.79 Å². The minimum Gasteiger partial charge on any atom is -0.481 e. The van der Waals surface area contributed by atoms with E-state index in [2.05, 4.69) is 11.2 Å². The molecular formula is C20H24N2O3. The second-order valence-corrected chi connectivity index (χ2v) is 7.18. The molecular weight excluding hydrogens is 316 g/mol. The van der Waals surface area contributed by atoms with Crippen molar-refractivity contribution in [1.82, 2.24) is 10.2 Å². The van der Waals surface area contributed by atoms with Gasteiger partial charge < -0.3 is 15.3 Å². The van der Waals surface area contributed by atoms with Crippen molar-refractivity contribution in [3.8, 4) is 12.3 Å². The number of hydrogen-bond acceptors (Lipinski definition) is 2. The Bertz CT molecular complexity index is 682. The summed E-state index contributed by atoms with van der Waals surface area (Å²) < 4.78 is 0. The van der Waals surface area contributed by atoms with Gasteiger partial charge in [-0.3, -0.25) is 4.79 Å². The van der Waals surface area contributed by atoms with Crippen LogP contribution in [-0.2, 0) is 11.2 Å². The summed E-state index contributed by atoms with van der Waals surface area (Å²) in [5.41, 5.74) is 0.363. The Morgan fingerprint density at radius 2 is 2.16 bits per heavy atom.